The van der Waals surface area contributed by atoms with Crippen molar-refractivity contribution in [2.45, 2.75) is 46.3 Å². The van der Waals surface area contributed by atoms with E-state index >= 15 is 0 Å². The van der Waals surface area contributed by atoms with Gasteiger partial charge in [0.1, 0.15) is 11.5 Å². The second-order valence-electron chi connectivity index (χ2n) is 10.0. The van der Waals surface area contributed by atoms with Gasteiger partial charge >= 0.3 is 0 Å². The number of rotatable bonds is 6. The number of para-hydroxylation sites is 1. The highest BCUT2D eigenvalue weighted by atomic mass is 16.5. The van der Waals surface area contributed by atoms with Crippen LogP contribution in [0.5, 0.6) is 5.75 Å². The summed E-state index contributed by atoms with van der Waals surface area (Å²) < 4.78 is 7.83. The SMILES string of the molecule is CCc1ccc(N2C(=O)C(=O)/C(=C(/O)c3ccc(OC(C)C)c(C)c3)C2c2cn(C)c3ccccc23)cc1. The Morgan fingerprint density at radius 2 is 1.74 bits per heavy atom. The molecule has 3 aromatic carbocycles. The zero-order chi connectivity index (χ0) is 27.1. The molecule has 38 heavy (non-hydrogen) atoms. The Hall–Kier alpha value is -4.32. The van der Waals surface area contributed by atoms with Gasteiger partial charge in [-0.15, -0.1) is 0 Å². The maximum atomic E-state index is 13.6. The number of fused-ring (bicyclic) bond motifs is 1. The third-order valence-corrected chi connectivity index (χ3v) is 7.10. The minimum Gasteiger partial charge on any atom is -0.507 e. The van der Waals surface area contributed by atoms with Crippen LogP contribution < -0.4 is 9.64 Å². The van der Waals surface area contributed by atoms with Crippen molar-refractivity contribution in [3.8, 4) is 5.75 Å². The zero-order valence-corrected chi connectivity index (χ0v) is 22.4. The number of amides is 1. The van der Waals surface area contributed by atoms with Crippen LogP contribution in [0, 0.1) is 6.92 Å². The van der Waals surface area contributed by atoms with Gasteiger partial charge in [-0.1, -0.05) is 37.3 Å². The van der Waals surface area contributed by atoms with Gasteiger partial charge in [-0.25, -0.2) is 0 Å². The summed E-state index contributed by atoms with van der Waals surface area (Å²) in [5.74, 6) is -0.864. The summed E-state index contributed by atoms with van der Waals surface area (Å²) in [4.78, 5) is 28.7. The third-order valence-electron chi connectivity index (χ3n) is 7.10. The van der Waals surface area contributed by atoms with Crippen molar-refractivity contribution in [3.05, 3.63) is 101 Å². The molecular weight excluding hydrogens is 476 g/mol. The van der Waals surface area contributed by atoms with Gasteiger partial charge in [0.25, 0.3) is 11.7 Å². The van der Waals surface area contributed by atoms with Gasteiger partial charge in [0.2, 0.25) is 0 Å². The van der Waals surface area contributed by atoms with Gasteiger partial charge in [-0.2, -0.15) is 0 Å². The maximum Gasteiger partial charge on any atom is 0.300 e. The quantitative estimate of drug-likeness (QED) is 0.184. The first-order valence-electron chi connectivity index (χ1n) is 12.9. The van der Waals surface area contributed by atoms with Crippen molar-refractivity contribution < 1.29 is 19.4 Å². The van der Waals surface area contributed by atoms with E-state index in [1.165, 1.54) is 4.90 Å². The molecule has 0 radical (unpaired) electrons. The first kappa shape index (κ1) is 25.3. The lowest BCUT2D eigenvalue weighted by Crippen LogP contribution is -2.29. The molecule has 1 N–H and O–H groups in total. The number of Topliss-reactive ketones (excluding diaryl/α,β-unsaturated/α-hetero) is 1. The lowest BCUT2D eigenvalue weighted by Gasteiger charge is -2.25. The molecule has 4 aromatic rings. The van der Waals surface area contributed by atoms with E-state index in [2.05, 4.69) is 6.92 Å². The summed E-state index contributed by atoms with van der Waals surface area (Å²) in [5, 5.41) is 12.5. The van der Waals surface area contributed by atoms with E-state index in [4.69, 9.17) is 4.74 Å². The average Bonchev–Trinajstić information content (AvgIpc) is 3.38. The fourth-order valence-corrected chi connectivity index (χ4v) is 5.21. The minimum absolute atomic E-state index is 0.00364. The molecule has 1 aliphatic rings. The van der Waals surface area contributed by atoms with Crippen LogP contribution in [0.3, 0.4) is 0 Å². The van der Waals surface area contributed by atoms with Crippen molar-refractivity contribution >= 4 is 34.0 Å². The van der Waals surface area contributed by atoms with Gasteiger partial charge in [0.15, 0.2) is 0 Å². The largest absolute Gasteiger partial charge is 0.507 e. The van der Waals surface area contributed by atoms with Crippen LogP contribution in [0.1, 0.15) is 49.1 Å². The van der Waals surface area contributed by atoms with E-state index in [9.17, 15) is 14.7 Å². The molecule has 1 aliphatic heterocycles. The summed E-state index contributed by atoms with van der Waals surface area (Å²) in [6.07, 6.45) is 2.80. The Labute approximate surface area is 222 Å². The van der Waals surface area contributed by atoms with Crippen LogP contribution in [-0.4, -0.2) is 27.5 Å². The van der Waals surface area contributed by atoms with Crippen LogP contribution in [0.15, 0.2) is 78.5 Å². The number of ether oxygens (including phenoxy) is 1. The Morgan fingerprint density at radius 3 is 2.39 bits per heavy atom. The fourth-order valence-electron chi connectivity index (χ4n) is 5.21. The number of nitrogens with zero attached hydrogens (tertiary/aromatic N) is 2. The van der Waals surface area contributed by atoms with E-state index < -0.39 is 17.7 Å². The molecule has 0 aliphatic carbocycles. The van der Waals surface area contributed by atoms with E-state index in [1.54, 1.807) is 18.2 Å². The predicted octanol–water partition coefficient (Wildman–Crippen LogP) is 6.46. The molecule has 5 rings (SSSR count). The van der Waals surface area contributed by atoms with Gasteiger partial charge in [-0.05, 0) is 74.7 Å². The second kappa shape index (κ2) is 9.86. The number of aromatic nitrogens is 1. The minimum atomic E-state index is -0.791. The number of aliphatic hydroxyl groups is 1. The molecular formula is C32H32N2O4. The normalized spacial score (nSPS) is 17.1. The number of hydrogen-bond acceptors (Lipinski definition) is 4. The number of hydrogen-bond donors (Lipinski definition) is 1. The first-order chi connectivity index (χ1) is 18.2. The lowest BCUT2D eigenvalue weighted by molar-refractivity contribution is -0.132. The monoisotopic (exact) mass is 508 g/mol. The number of ketones is 1. The third kappa shape index (κ3) is 4.26. The van der Waals surface area contributed by atoms with Crippen LogP contribution in [0.25, 0.3) is 16.7 Å². The van der Waals surface area contributed by atoms with Crippen molar-refractivity contribution in [1.82, 2.24) is 4.57 Å². The lowest BCUT2D eigenvalue weighted by atomic mass is 9.94. The molecule has 1 fully saturated rings. The second-order valence-corrected chi connectivity index (χ2v) is 10.0. The van der Waals surface area contributed by atoms with E-state index in [1.807, 2.05) is 87.1 Å². The molecule has 6 nitrogen and oxygen atoms in total. The Kier molecular flexibility index (Phi) is 6.57. The summed E-state index contributed by atoms with van der Waals surface area (Å²) >= 11 is 0. The van der Waals surface area contributed by atoms with Crippen molar-refractivity contribution in [3.63, 3.8) is 0 Å². The highest BCUT2D eigenvalue weighted by Gasteiger charge is 2.47. The van der Waals surface area contributed by atoms with Crippen LogP contribution >= 0.6 is 0 Å². The van der Waals surface area contributed by atoms with Crippen LogP contribution in [-0.2, 0) is 23.1 Å². The molecule has 1 amide bonds. The Bertz CT molecular complexity index is 1580. The average molecular weight is 509 g/mol. The van der Waals surface area contributed by atoms with Gasteiger partial charge in [0.05, 0.1) is 17.7 Å². The zero-order valence-electron chi connectivity index (χ0n) is 22.4. The van der Waals surface area contributed by atoms with Crippen molar-refractivity contribution in [2.24, 2.45) is 7.05 Å². The number of carbonyl (C=O) groups excluding carboxylic acids is 2. The van der Waals surface area contributed by atoms with E-state index in [0.29, 0.717) is 17.0 Å². The van der Waals surface area contributed by atoms with Crippen molar-refractivity contribution in [2.75, 3.05) is 4.90 Å². The molecule has 194 valence electrons. The van der Waals surface area contributed by atoms with E-state index in [0.717, 1.165) is 34.0 Å². The number of carbonyl (C=O) groups is 2. The van der Waals surface area contributed by atoms with Crippen molar-refractivity contribution in [1.29, 1.82) is 0 Å². The molecule has 6 heteroatoms. The Morgan fingerprint density at radius 1 is 1.03 bits per heavy atom. The van der Waals surface area contributed by atoms with Crippen LogP contribution in [0.4, 0.5) is 5.69 Å². The summed E-state index contributed by atoms with van der Waals surface area (Å²) in [7, 11) is 1.94. The molecule has 1 unspecified atom stereocenters. The maximum absolute atomic E-state index is 13.6. The molecule has 0 spiro atoms. The van der Waals surface area contributed by atoms with Crippen LogP contribution in [0.2, 0.25) is 0 Å². The standard InChI is InChI=1S/C32H32N2O4/c1-6-21-11-14-23(15-12-21)34-29(25-18-33(5)26-10-8-7-9-24(25)26)28(31(36)32(34)37)30(35)22-13-16-27(20(4)17-22)38-19(2)3/h7-19,29,35H,6H2,1-5H3/b30-28+. The van der Waals surface area contributed by atoms with Gasteiger partial charge in [0, 0.05) is 41.0 Å². The number of anilines is 1. The topological polar surface area (TPSA) is 71.8 Å². The molecule has 2 heterocycles. The highest BCUT2D eigenvalue weighted by molar-refractivity contribution is 6.51. The molecule has 1 aromatic heterocycles. The summed E-state index contributed by atoms with van der Waals surface area (Å²) in [6.45, 7) is 7.86. The first-order valence-corrected chi connectivity index (χ1v) is 12.9. The molecule has 1 atom stereocenters. The summed E-state index contributed by atoms with van der Waals surface area (Å²) in [6, 6.07) is 20.0. The summed E-state index contributed by atoms with van der Waals surface area (Å²) in [5.41, 5.74) is 4.85. The molecule has 0 bridgehead atoms. The van der Waals surface area contributed by atoms with Gasteiger partial charge in [-0.3, -0.25) is 14.5 Å². The highest BCUT2D eigenvalue weighted by Crippen LogP contribution is 2.45. The molecule has 0 saturated carbocycles. The molecule has 1 saturated heterocycles. The fraction of sp³-hybridized carbons (Fsp3) is 0.250. The number of benzene rings is 3. The smallest absolute Gasteiger partial charge is 0.300 e. The van der Waals surface area contributed by atoms with Gasteiger partial charge < -0.3 is 14.4 Å². The Balaban J connectivity index is 1.73. The number of aliphatic hydroxyl groups excluding tert-OH is 1. The number of aryl methyl sites for hydroxylation is 3. The predicted molar refractivity (Wildman–Crippen MR) is 150 cm³/mol. The van der Waals surface area contributed by atoms with E-state index in [-0.39, 0.29) is 17.4 Å².